The van der Waals surface area contributed by atoms with E-state index in [2.05, 4.69) is 0 Å². The van der Waals surface area contributed by atoms with Crippen molar-refractivity contribution in [3.8, 4) is 0 Å². The van der Waals surface area contributed by atoms with Crippen LogP contribution in [-0.4, -0.2) is 39.1 Å². The van der Waals surface area contributed by atoms with Crippen LogP contribution in [0.15, 0.2) is 18.2 Å². The van der Waals surface area contributed by atoms with Gasteiger partial charge in [0.15, 0.2) is 0 Å². The van der Waals surface area contributed by atoms with Crippen molar-refractivity contribution in [1.82, 2.24) is 4.90 Å². The lowest BCUT2D eigenvalue weighted by Crippen LogP contribution is -2.47. The van der Waals surface area contributed by atoms with Crippen LogP contribution in [0, 0.1) is 11.7 Å². The highest BCUT2D eigenvalue weighted by Crippen LogP contribution is 2.36. The minimum absolute atomic E-state index is 0.0106. The quantitative estimate of drug-likeness (QED) is 0.924. The summed E-state index contributed by atoms with van der Waals surface area (Å²) in [7, 11) is 0. The molecule has 1 saturated heterocycles. The molecule has 1 heterocycles. The fraction of sp³-hybridized carbons (Fsp3) is 0.429. The first-order valence-corrected chi connectivity index (χ1v) is 7.88. The number of halogens is 2. The molecule has 1 aromatic carbocycles. The van der Waals surface area contributed by atoms with Crippen molar-refractivity contribution >= 4 is 35.2 Å². The van der Waals surface area contributed by atoms with Gasteiger partial charge in [0.1, 0.15) is 11.9 Å². The molecule has 7 heteroatoms. The normalized spacial score (nSPS) is 21.9. The Labute approximate surface area is 131 Å². The second-order valence-corrected chi connectivity index (χ2v) is 6.69. The topological polar surface area (TPSA) is 57.6 Å². The van der Waals surface area contributed by atoms with Gasteiger partial charge in [0.2, 0.25) is 0 Å². The maximum absolute atomic E-state index is 13.9. The van der Waals surface area contributed by atoms with E-state index < -0.39 is 23.7 Å². The highest BCUT2D eigenvalue weighted by Gasteiger charge is 2.44. The van der Waals surface area contributed by atoms with Crippen LogP contribution in [0.3, 0.4) is 0 Å². The zero-order valence-corrected chi connectivity index (χ0v) is 13.1. The number of carboxylic acids is 1. The molecule has 114 valence electrons. The smallest absolute Gasteiger partial charge is 0.327 e. The molecule has 0 saturated carbocycles. The van der Waals surface area contributed by atoms with Gasteiger partial charge in [-0.15, -0.1) is 11.8 Å². The fourth-order valence-corrected chi connectivity index (χ4v) is 4.03. The van der Waals surface area contributed by atoms with Crippen LogP contribution in [0.2, 0.25) is 5.02 Å². The van der Waals surface area contributed by atoms with Crippen LogP contribution < -0.4 is 0 Å². The van der Waals surface area contributed by atoms with Crippen LogP contribution in [0.4, 0.5) is 4.39 Å². The fourth-order valence-electron chi connectivity index (χ4n) is 2.32. The molecule has 2 unspecified atom stereocenters. The molecule has 2 rings (SSSR count). The Morgan fingerprint density at radius 2 is 2.14 bits per heavy atom. The van der Waals surface area contributed by atoms with Gasteiger partial charge in [-0.25, -0.2) is 9.18 Å². The molecule has 21 heavy (non-hydrogen) atoms. The minimum atomic E-state index is -1.09. The molecule has 1 amide bonds. The number of hydrogen-bond acceptors (Lipinski definition) is 3. The number of carboxylic acid groups (broad SMARTS) is 1. The van der Waals surface area contributed by atoms with Crippen molar-refractivity contribution in [3.05, 3.63) is 34.6 Å². The summed E-state index contributed by atoms with van der Waals surface area (Å²) in [6, 6.07) is 3.00. The highest BCUT2D eigenvalue weighted by atomic mass is 35.5. The number of thioether (sulfide) groups is 1. The molecule has 0 aromatic heterocycles. The van der Waals surface area contributed by atoms with E-state index in [1.807, 2.05) is 13.8 Å². The monoisotopic (exact) mass is 331 g/mol. The van der Waals surface area contributed by atoms with Crippen LogP contribution in [-0.2, 0) is 4.79 Å². The highest BCUT2D eigenvalue weighted by molar-refractivity contribution is 8.00. The third kappa shape index (κ3) is 3.01. The number of carbonyl (C=O) groups excluding carboxylic acids is 1. The van der Waals surface area contributed by atoms with Crippen molar-refractivity contribution in [2.45, 2.75) is 25.3 Å². The summed E-state index contributed by atoms with van der Waals surface area (Å²) in [5.74, 6) is -2.17. The zero-order chi connectivity index (χ0) is 15.7. The number of nitrogens with zero attached hydrogens (tertiary/aromatic N) is 1. The second kappa shape index (κ2) is 6.23. The molecular formula is C14H15ClFNO3S. The standard InChI is InChI=1S/C14H15ClFNO3S/c1-7(2)13-17(10(6-21-13)14(19)20)12(18)11-8(15)4-3-5-9(11)16/h3-5,7,10,13H,6H2,1-2H3,(H,19,20). The van der Waals surface area contributed by atoms with Gasteiger partial charge in [-0.1, -0.05) is 31.5 Å². The number of carbonyl (C=O) groups is 2. The molecule has 0 aliphatic carbocycles. The molecule has 2 atom stereocenters. The van der Waals surface area contributed by atoms with Gasteiger partial charge in [-0.2, -0.15) is 0 Å². The molecule has 0 spiro atoms. The maximum Gasteiger partial charge on any atom is 0.327 e. The summed E-state index contributed by atoms with van der Waals surface area (Å²) < 4.78 is 13.9. The Hall–Kier alpha value is -1.27. The lowest BCUT2D eigenvalue weighted by molar-refractivity contribution is -0.141. The Kier molecular flexibility index (Phi) is 4.78. The van der Waals surface area contributed by atoms with Crippen LogP contribution in [0.25, 0.3) is 0 Å². The zero-order valence-electron chi connectivity index (χ0n) is 11.5. The van der Waals surface area contributed by atoms with E-state index in [-0.39, 0.29) is 27.6 Å². The summed E-state index contributed by atoms with van der Waals surface area (Å²) in [5, 5.41) is 8.96. The van der Waals surface area contributed by atoms with Crippen molar-refractivity contribution in [2.24, 2.45) is 5.92 Å². The molecule has 1 aromatic rings. The van der Waals surface area contributed by atoms with Crippen molar-refractivity contribution in [2.75, 3.05) is 5.75 Å². The lowest BCUT2D eigenvalue weighted by atomic mass is 10.1. The maximum atomic E-state index is 13.9. The van der Waals surface area contributed by atoms with Gasteiger partial charge in [0.05, 0.1) is 16.0 Å². The molecule has 0 radical (unpaired) electrons. The van der Waals surface area contributed by atoms with E-state index in [1.165, 1.54) is 28.8 Å². The predicted octanol–water partition coefficient (Wildman–Crippen LogP) is 3.10. The summed E-state index contributed by atoms with van der Waals surface area (Å²) in [4.78, 5) is 25.2. The van der Waals surface area contributed by atoms with Crippen molar-refractivity contribution in [1.29, 1.82) is 0 Å². The van der Waals surface area contributed by atoms with Crippen molar-refractivity contribution in [3.63, 3.8) is 0 Å². The van der Waals surface area contributed by atoms with E-state index in [1.54, 1.807) is 0 Å². The molecule has 1 aliphatic heterocycles. The van der Waals surface area contributed by atoms with E-state index in [9.17, 15) is 19.1 Å². The molecule has 1 aliphatic rings. The Bertz CT molecular complexity index is 561. The largest absolute Gasteiger partial charge is 0.480 e. The second-order valence-electron chi connectivity index (χ2n) is 5.13. The number of amides is 1. The average molecular weight is 332 g/mol. The first kappa shape index (κ1) is 16.1. The number of hydrogen-bond donors (Lipinski definition) is 1. The Morgan fingerprint density at radius 1 is 1.48 bits per heavy atom. The number of rotatable bonds is 3. The Balaban J connectivity index is 2.44. The lowest BCUT2D eigenvalue weighted by Gasteiger charge is -2.30. The number of aliphatic carboxylic acids is 1. The van der Waals surface area contributed by atoms with Gasteiger partial charge in [0, 0.05) is 5.75 Å². The third-order valence-corrected chi connectivity index (χ3v) is 5.24. The van der Waals surface area contributed by atoms with Gasteiger partial charge in [-0.3, -0.25) is 4.79 Å². The predicted molar refractivity (Wildman–Crippen MR) is 80.1 cm³/mol. The SMILES string of the molecule is CC(C)C1SCC(C(=O)O)N1C(=O)c1c(F)cccc1Cl. The summed E-state index contributed by atoms with van der Waals surface area (Å²) in [6.07, 6.45) is 0. The summed E-state index contributed by atoms with van der Waals surface area (Å²) >= 11 is 7.30. The van der Waals surface area contributed by atoms with Gasteiger partial charge in [0.25, 0.3) is 5.91 Å². The molecule has 4 nitrogen and oxygen atoms in total. The van der Waals surface area contributed by atoms with E-state index in [0.717, 1.165) is 6.07 Å². The average Bonchev–Trinajstić information content (AvgIpc) is 2.83. The first-order valence-electron chi connectivity index (χ1n) is 6.45. The molecule has 1 N–H and O–H groups in total. The van der Waals surface area contributed by atoms with Gasteiger partial charge < -0.3 is 10.0 Å². The van der Waals surface area contributed by atoms with E-state index in [0.29, 0.717) is 0 Å². The first-order chi connectivity index (χ1) is 9.84. The van der Waals surface area contributed by atoms with Crippen LogP contribution in [0.5, 0.6) is 0 Å². The van der Waals surface area contributed by atoms with Crippen LogP contribution >= 0.6 is 23.4 Å². The van der Waals surface area contributed by atoms with Crippen molar-refractivity contribution < 1.29 is 19.1 Å². The molecular weight excluding hydrogens is 317 g/mol. The van der Waals surface area contributed by atoms with E-state index in [4.69, 9.17) is 11.6 Å². The minimum Gasteiger partial charge on any atom is -0.480 e. The van der Waals surface area contributed by atoms with Crippen LogP contribution in [0.1, 0.15) is 24.2 Å². The third-order valence-electron chi connectivity index (χ3n) is 3.30. The number of benzene rings is 1. The van der Waals surface area contributed by atoms with Gasteiger partial charge >= 0.3 is 5.97 Å². The summed E-state index contributed by atoms with van der Waals surface area (Å²) in [6.45, 7) is 3.79. The summed E-state index contributed by atoms with van der Waals surface area (Å²) in [5.41, 5.74) is -0.265. The Morgan fingerprint density at radius 3 is 2.67 bits per heavy atom. The molecule has 0 bridgehead atoms. The molecule has 1 fully saturated rings. The van der Waals surface area contributed by atoms with Gasteiger partial charge in [-0.05, 0) is 18.1 Å². The van der Waals surface area contributed by atoms with E-state index >= 15 is 0 Å².